The van der Waals surface area contributed by atoms with Gasteiger partial charge in [-0.15, -0.1) is 0 Å². The summed E-state index contributed by atoms with van der Waals surface area (Å²) in [4.78, 5) is 0. The first-order valence-electron chi connectivity index (χ1n) is 5.14. The van der Waals surface area contributed by atoms with Gasteiger partial charge in [0.15, 0.2) is 0 Å². The van der Waals surface area contributed by atoms with Gasteiger partial charge >= 0.3 is 0 Å². The minimum absolute atomic E-state index is 0.330. The maximum Gasteiger partial charge on any atom is 0.222 e. The molecule has 0 radical (unpaired) electrons. The fourth-order valence-corrected chi connectivity index (χ4v) is 2.18. The number of aromatic nitrogens is 1. The quantitative estimate of drug-likeness (QED) is 0.740. The van der Waals surface area contributed by atoms with E-state index in [0.717, 1.165) is 21.1 Å². The number of halogens is 1. The van der Waals surface area contributed by atoms with Crippen LogP contribution >= 0.6 is 15.9 Å². The predicted molar refractivity (Wildman–Crippen MR) is 71.6 cm³/mol. The van der Waals surface area contributed by atoms with E-state index in [-0.39, 0.29) is 0 Å². The summed E-state index contributed by atoms with van der Waals surface area (Å²) in [5.74, 6) is 0.330. The largest absolute Gasteiger partial charge is 0.368 e. The van der Waals surface area contributed by atoms with Crippen molar-refractivity contribution in [3.8, 4) is 11.3 Å². The van der Waals surface area contributed by atoms with Crippen molar-refractivity contribution in [1.29, 1.82) is 0 Å². The number of rotatable bonds is 1. The Kier molecular flexibility index (Phi) is 2.37. The van der Waals surface area contributed by atoms with Crippen LogP contribution in [0.2, 0.25) is 0 Å². The van der Waals surface area contributed by atoms with E-state index in [2.05, 4.69) is 45.4 Å². The molecule has 0 aliphatic rings. The smallest absolute Gasteiger partial charge is 0.222 e. The molecule has 17 heavy (non-hydrogen) atoms. The number of nitrogen functional groups attached to an aromatic ring is 1. The van der Waals surface area contributed by atoms with E-state index < -0.39 is 0 Å². The van der Waals surface area contributed by atoms with Gasteiger partial charge < -0.3 is 10.3 Å². The molecule has 1 heterocycles. The van der Waals surface area contributed by atoms with E-state index in [9.17, 15) is 0 Å². The SMILES string of the molecule is Nc1cc(-c2ccc3cc(Br)ccc3c2)no1. The van der Waals surface area contributed by atoms with Gasteiger partial charge in [-0.2, -0.15) is 0 Å². The zero-order chi connectivity index (χ0) is 11.8. The monoisotopic (exact) mass is 288 g/mol. The molecule has 0 amide bonds. The fraction of sp³-hybridized carbons (Fsp3) is 0. The normalized spacial score (nSPS) is 10.9. The Hall–Kier alpha value is -1.81. The van der Waals surface area contributed by atoms with Crippen LogP contribution in [0, 0.1) is 0 Å². The maximum atomic E-state index is 5.51. The molecular formula is C13H9BrN2O. The van der Waals surface area contributed by atoms with Gasteiger partial charge in [0.1, 0.15) is 5.69 Å². The Morgan fingerprint density at radius 3 is 2.53 bits per heavy atom. The minimum Gasteiger partial charge on any atom is -0.368 e. The van der Waals surface area contributed by atoms with Crippen LogP contribution in [0.25, 0.3) is 22.0 Å². The highest BCUT2D eigenvalue weighted by Crippen LogP contribution is 2.26. The number of nitrogens with zero attached hydrogens (tertiary/aromatic N) is 1. The van der Waals surface area contributed by atoms with Crippen LogP contribution < -0.4 is 5.73 Å². The van der Waals surface area contributed by atoms with E-state index >= 15 is 0 Å². The second kappa shape index (κ2) is 3.89. The van der Waals surface area contributed by atoms with E-state index in [1.165, 1.54) is 5.39 Å². The number of fused-ring (bicyclic) bond motifs is 1. The molecule has 0 unspecified atom stereocenters. The van der Waals surface area contributed by atoms with Crippen LogP contribution in [-0.2, 0) is 0 Å². The van der Waals surface area contributed by atoms with Crippen LogP contribution in [0.3, 0.4) is 0 Å². The Morgan fingerprint density at radius 2 is 1.76 bits per heavy atom. The zero-order valence-corrected chi connectivity index (χ0v) is 10.4. The van der Waals surface area contributed by atoms with E-state index in [0.29, 0.717) is 5.88 Å². The van der Waals surface area contributed by atoms with Crippen LogP contribution in [0.1, 0.15) is 0 Å². The molecular weight excluding hydrogens is 280 g/mol. The van der Waals surface area contributed by atoms with Crippen molar-refractivity contribution < 1.29 is 4.52 Å². The first-order chi connectivity index (χ1) is 8.22. The number of nitrogens with two attached hydrogens (primary N) is 1. The minimum atomic E-state index is 0.330. The van der Waals surface area contributed by atoms with Crippen molar-refractivity contribution in [2.45, 2.75) is 0 Å². The average Bonchev–Trinajstić information content (AvgIpc) is 2.75. The lowest BCUT2D eigenvalue weighted by Gasteiger charge is -2.01. The average molecular weight is 289 g/mol. The van der Waals surface area contributed by atoms with Crippen LogP contribution in [0.5, 0.6) is 0 Å². The third kappa shape index (κ3) is 1.91. The summed E-state index contributed by atoms with van der Waals surface area (Å²) in [6.07, 6.45) is 0. The lowest BCUT2D eigenvalue weighted by Crippen LogP contribution is -1.79. The Labute approximate surface area is 106 Å². The summed E-state index contributed by atoms with van der Waals surface area (Å²) in [7, 11) is 0. The maximum absolute atomic E-state index is 5.51. The van der Waals surface area contributed by atoms with Gasteiger partial charge in [0.25, 0.3) is 0 Å². The first kappa shape index (κ1) is 10.4. The number of hydrogen-bond acceptors (Lipinski definition) is 3. The van der Waals surface area contributed by atoms with Crippen molar-refractivity contribution in [3.63, 3.8) is 0 Å². The highest BCUT2D eigenvalue weighted by atomic mass is 79.9. The molecule has 0 bridgehead atoms. The van der Waals surface area contributed by atoms with Crippen molar-refractivity contribution >= 4 is 32.6 Å². The molecule has 2 N–H and O–H groups in total. The third-order valence-corrected chi connectivity index (χ3v) is 3.12. The first-order valence-corrected chi connectivity index (χ1v) is 5.93. The van der Waals surface area contributed by atoms with Gasteiger partial charge in [-0.1, -0.05) is 39.3 Å². The van der Waals surface area contributed by atoms with Crippen molar-refractivity contribution in [2.75, 3.05) is 5.73 Å². The molecule has 3 rings (SSSR count). The molecule has 0 fully saturated rings. The molecule has 2 aromatic carbocycles. The second-order valence-corrected chi connectivity index (χ2v) is 4.74. The van der Waals surface area contributed by atoms with Gasteiger partial charge in [0.2, 0.25) is 5.88 Å². The van der Waals surface area contributed by atoms with Gasteiger partial charge in [-0.3, -0.25) is 0 Å². The Balaban J connectivity index is 2.16. The topological polar surface area (TPSA) is 52.0 Å². The molecule has 0 atom stereocenters. The number of hydrogen-bond donors (Lipinski definition) is 1. The Bertz CT molecular complexity index is 691. The highest BCUT2D eigenvalue weighted by molar-refractivity contribution is 9.10. The number of anilines is 1. The molecule has 0 saturated carbocycles. The predicted octanol–water partition coefficient (Wildman–Crippen LogP) is 3.84. The zero-order valence-electron chi connectivity index (χ0n) is 8.85. The van der Waals surface area contributed by atoms with Gasteiger partial charge in [-0.05, 0) is 29.0 Å². The molecule has 0 saturated heterocycles. The van der Waals surface area contributed by atoms with Crippen molar-refractivity contribution in [3.05, 3.63) is 46.9 Å². The van der Waals surface area contributed by atoms with E-state index in [1.54, 1.807) is 6.07 Å². The van der Waals surface area contributed by atoms with Crippen LogP contribution in [0.4, 0.5) is 5.88 Å². The standard InChI is InChI=1S/C13H9BrN2O/c14-11-4-3-8-5-10(2-1-9(8)6-11)12-7-13(15)17-16-12/h1-7H,15H2. The summed E-state index contributed by atoms with van der Waals surface area (Å²) in [5.41, 5.74) is 7.27. The molecule has 3 nitrogen and oxygen atoms in total. The van der Waals surface area contributed by atoms with E-state index in [1.807, 2.05) is 12.1 Å². The highest BCUT2D eigenvalue weighted by Gasteiger charge is 2.05. The Morgan fingerprint density at radius 1 is 1.00 bits per heavy atom. The summed E-state index contributed by atoms with van der Waals surface area (Å²) in [6, 6.07) is 14.0. The van der Waals surface area contributed by atoms with Crippen LogP contribution in [0.15, 0.2) is 51.5 Å². The lowest BCUT2D eigenvalue weighted by molar-refractivity contribution is 0.439. The molecule has 0 spiro atoms. The summed E-state index contributed by atoms with van der Waals surface area (Å²) < 4.78 is 5.94. The summed E-state index contributed by atoms with van der Waals surface area (Å²) in [6.45, 7) is 0. The summed E-state index contributed by atoms with van der Waals surface area (Å²) in [5, 5.41) is 6.24. The van der Waals surface area contributed by atoms with Crippen LogP contribution in [-0.4, -0.2) is 5.16 Å². The van der Waals surface area contributed by atoms with Gasteiger partial charge in [-0.25, -0.2) is 0 Å². The molecule has 1 aromatic heterocycles. The third-order valence-electron chi connectivity index (χ3n) is 2.63. The molecule has 3 aromatic rings. The van der Waals surface area contributed by atoms with Gasteiger partial charge in [0, 0.05) is 16.1 Å². The number of benzene rings is 2. The van der Waals surface area contributed by atoms with Gasteiger partial charge in [0.05, 0.1) is 0 Å². The van der Waals surface area contributed by atoms with Crippen molar-refractivity contribution in [1.82, 2.24) is 5.16 Å². The van der Waals surface area contributed by atoms with Crippen molar-refractivity contribution in [2.24, 2.45) is 0 Å². The lowest BCUT2D eigenvalue weighted by atomic mass is 10.1. The second-order valence-electron chi connectivity index (χ2n) is 3.82. The summed E-state index contributed by atoms with van der Waals surface area (Å²) >= 11 is 3.46. The molecule has 0 aliphatic carbocycles. The molecule has 84 valence electrons. The molecule has 4 heteroatoms. The fourth-order valence-electron chi connectivity index (χ4n) is 1.80. The van der Waals surface area contributed by atoms with E-state index in [4.69, 9.17) is 10.3 Å². The molecule has 0 aliphatic heterocycles.